The Bertz CT molecular complexity index is 1020. The van der Waals surface area contributed by atoms with Gasteiger partial charge in [0.15, 0.2) is 11.8 Å². The van der Waals surface area contributed by atoms with E-state index in [1.807, 2.05) is 73.1 Å². The number of aliphatic imine (C=N–C) groups is 1. The number of hydrogen-bond donors (Lipinski definition) is 3. The van der Waals surface area contributed by atoms with Crippen molar-refractivity contribution in [1.82, 2.24) is 25.4 Å². The number of halogens is 1. The van der Waals surface area contributed by atoms with E-state index < -0.39 is 5.60 Å². The minimum Gasteiger partial charge on any atom is -0.497 e. The predicted molar refractivity (Wildman–Crippen MR) is 141 cm³/mol. The third kappa shape index (κ3) is 7.71. The van der Waals surface area contributed by atoms with Crippen molar-refractivity contribution in [1.29, 1.82) is 0 Å². The van der Waals surface area contributed by atoms with Crippen LogP contribution < -0.4 is 15.4 Å². The molecule has 1 heterocycles. The fourth-order valence-electron chi connectivity index (χ4n) is 3.19. The van der Waals surface area contributed by atoms with Crippen molar-refractivity contribution >= 4 is 29.9 Å². The van der Waals surface area contributed by atoms with Crippen molar-refractivity contribution in [2.45, 2.75) is 32.4 Å². The highest BCUT2D eigenvalue weighted by molar-refractivity contribution is 14.0. The van der Waals surface area contributed by atoms with Gasteiger partial charge < -0.3 is 25.0 Å². The van der Waals surface area contributed by atoms with Crippen LogP contribution in [-0.4, -0.2) is 46.0 Å². The third-order valence-corrected chi connectivity index (χ3v) is 5.42. The molecule has 0 aliphatic rings. The standard InChI is InChI=1S/C24H32N6O2.HI/c1-18-28-29-22(30(18)3)16-26-23(25-15-14-19-10-12-21(32-4)13-11-19)27-17-24(2,31)20-8-6-5-7-9-20;/h5-13,31H,14-17H2,1-4H3,(H2,25,26,27);1H. The van der Waals surface area contributed by atoms with Gasteiger partial charge in [-0.15, -0.1) is 34.2 Å². The van der Waals surface area contributed by atoms with Crippen LogP contribution in [0.3, 0.4) is 0 Å². The summed E-state index contributed by atoms with van der Waals surface area (Å²) in [6.45, 7) is 5.06. The number of rotatable bonds is 9. The maximum atomic E-state index is 10.9. The van der Waals surface area contributed by atoms with Gasteiger partial charge in [0.05, 0.1) is 13.7 Å². The fourth-order valence-corrected chi connectivity index (χ4v) is 3.19. The molecule has 0 saturated carbocycles. The van der Waals surface area contributed by atoms with Gasteiger partial charge >= 0.3 is 0 Å². The lowest BCUT2D eigenvalue weighted by Crippen LogP contribution is -2.45. The molecule has 0 spiro atoms. The van der Waals surface area contributed by atoms with Crippen LogP contribution >= 0.6 is 24.0 Å². The lowest BCUT2D eigenvalue weighted by Gasteiger charge is -2.25. The Morgan fingerprint density at radius 2 is 1.79 bits per heavy atom. The molecule has 0 aliphatic heterocycles. The van der Waals surface area contributed by atoms with Gasteiger partial charge in [-0.3, -0.25) is 0 Å². The van der Waals surface area contributed by atoms with E-state index in [4.69, 9.17) is 4.74 Å². The Kier molecular flexibility index (Phi) is 10.1. The highest BCUT2D eigenvalue weighted by Gasteiger charge is 2.23. The molecule has 2 aromatic carbocycles. The van der Waals surface area contributed by atoms with E-state index in [1.54, 1.807) is 14.0 Å². The third-order valence-electron chi connectivity index (χ3n) is 5.42. The quantitative estimate of drug-likeness (QED) is 0.210. The molecule has 178 valence electrons. The molecule has 0 aliphatic carbocycles. The summed E-state index contributed by atoms with van der Waals surface area (Å²) in [6, 6.07) is 17.6. The smallest absolute Gasteiger partial charge is 0.191 e. The molecule has 3 rings (SSSR count). The Balaban J connectivity index is 0.00000385. The number of aromatic nitrogens is 3. The van der Waals surface area contributed by atoms with Gasteiger partial charge in [0.2, 0.25) is 0 Å². The summed E-state index contributed by atoms with van der Waals surface area (Å²) in [7, 11) is 3.58. The van der Waals surface area contributed by atoms with E-state index >= 15 is 0 Å². The SMILES string of the molecule is COc1ccc(CCNC(=NCc2nnc(C)n2C)NCC(C)(O)c2ccccc2)cc1.I. The number of benzene rings is 2. The van der Waals surface area contributed by atoms with Gasteiger partial charge in [-0.25, -0.2) is 4.99 Å². The van der Waals surface area contributed by atoms with E-state index in [-0.39, 0.29) is 24.0 Å². The minimum atomic E-state index is -1.04. The van der Waals surface area contributed by atoms with E-state index in [1.165, 1.54) is 5.56 Å². The summed E-state index contributed by atoms with van der Waals surface area (Å²) in [5.41, 5.74) is 0.994. The highest BCUT2D eigenvalue weighted by atomic mass is 127. The molecule has 8 nitrogen and oxygen atoms in total. The van der Waals surface area contributed by atoms with Gasteiger partial charge in [0.25, 0.3) is 0 Å². The first-order valence-corrected chi connectivity index (χ1v) is 10.7. The van der Waals surface area contributed by atoms with E-state index in [9.17, 15) is 5.11 Å². The largest absolute Gasteiger partial charge is 0.497 e. The maximum absolute atomic E-state index is 10.9. The van der Waals surface area contributed by atoms with Crippen LogP contribution in [-0.2, 0) is 25.6 Å². The van der Waals surface area contributed by atoms with Crippen LogP contribution in [0.15, 0.2) is 59.6 Å². The van der Waals surface area contributed by atoms with E-state index in [0.717, 1.165) is 29.4 Å². The normalized spacial score (nSPS) is 13.1. The molecule has 0 radical (unpaired) electrons. The summed E-state index contributed by atoms with van der Waals surface area (Å²) in [4.78, 5) is 4.66. The van der Waals surface area contributed by atoms with E-state index in [0.29, 0.717) is 25.6 Å². The number of methoxy groups -OCH3 is 1. The minimum absolute atomic E-state index is 0. The van der Waals surface area contributed by atoms with Crippen LogP contribution in [0, 0.1) is 6.92 Å². The number of aliphatic hydroxyl groups is 1. The van der Waals surface area contributed by atoms with Gasteiger partial charge in [-0.05, 0) is 43.5 Å². The Morgan fingerprint density at radius 3 is 2.39 bits per heavy atom. The predicted octanol–water partition coefficient (Wildman–Crippen LogP) is 2.94. The molecule has 3 aromatic rings. The summed E-state index contributed by atoms with van der Waals surface area (Å²) in [5.74, 6) is 3.06. The number of ether oxygens (including phenoxy) is 1. The average Bonchev–Trinajstić information content (AvgIpc) is 3.13. The lowest BCUT2D eigenvalue weighted by molar-refractivity contribution is 0.0617. The summed E-state index contributed by atoms with van der Waals surface area (Å²) < 4.78 is 7.13. The zero-order valence-corrected chi connectivity index (χ0v) is 21.9. The van der Waals surface area contributed by atoms with Crippen molar-refractivity contribution in [3.05, 3.63) is 77.4 Å². The fraction of sp³-hybridized carbons (Fsp3) is 0.375. The number of aryl methyl sites for hydroxylation is 1. The zero-order chi connectivity index (χ0) is 23.0. The second kappa shape index (κ2) is 12.5. The van der Waals surface area contributed by atoms with Crippen molar-refractivity contribution in [3.63, 3.8) is 0 Å². The number of guanidine groups is 1. The molecule has 33 heavy (non-hydrogen) atoms. The zero-order valence-electron chi connectivity index (χ0n) is 19.6. The molecule has 0 saturated heterocycles. The first-order chi connectivity index (χ1) is 15.4. The van der Waals surface area contributed by atoms with Crippen LogP contribution in [0.2, 0.25) is 0 Å². The Hall–Kier alpha value is -2.66. The second-order valence-corrected chi connectivity index (χ2v) is 7.91. The van der Waals surface area contributed by atoms with Crippen molar-refractivity contribution < 1.29 is 9.84 Å². The van der Waals surface area contributed by atoms with E-state index in [2.05, 4.69) is 25.8 Å². The molecule has 0 bridgehead atoms. The molecule has 3 N–H and O–H groups in total. The molecule has 0 fully saturated rings. The van der Waals surface area contributed by atoms with Crippen molar-refractivity contribution in [2.24, 2.45) is 12.0 Å². The highest BCUT2D eigenvalue weighted by Crippen LogP contribution is 2.19. The maximum Gasteiger partial charge on any atom is 0.191 e. The molecule has 0 amide bonds. The first kappa shape index (κ1) is 26.6. The summed E-state index contributed by atoms with van der Waals surface area (Å²) >= 11 is 0. The molecule has 1 atom stereocenters. The Labute approximate surface area is 212 Å². The second-order valence-electron chi connectivity index (χ2n) is 7.91. The Morgan fingerprint density at radius 1 is 1.09 bits per heavy atom. The van der Waals surface area contributed by atoms with Crippen molar-refractivity contribution in [3.8, 4) is 5.75 Å². The van der Waals surface area contributed by atoms with Gasteiger partial charge in [-0.1, -0.05) is 42.5 Å². The van der Waals surface area contributed by atoms with Crippen molar-refractivity contribution in [2.75, 3.05) is 20.2 Å². The summed E-state index contributed by atoms with van der Waals surface area (Å²) in [6.07, 6.45) is 0.822. The average molecular weight is 564 g/mol. The molecule has 1 unspecified atom stereocenters. The first-order valence-electron chi connectivity index (χ1n) is 10.7. The molecular weight excluding hydrogens is 531 g/mol. The van der Waals surface area contributed by atoms with Crippen LogP contribution in [0.5, 0.6) is 5.75 Å². The monoisotopic (exact) mass is 564 g/mol. The summed E-state index contributed by atoms with van der Waals surface area (Å²) in [5, 5.41) is 25.8. The number of nitrogens with zero attached hydrogens (tertiary/aromatic N) is 4. The molecule has 1 aromatic heterocycles. The van der Waals surface area contributed by atoms with Gasteiger partial charge in [0, 0.05) is 13.6 Å². The molecular formula is C24H33IN6O2. The van der Waals surface area contributed by atoms with Gasteiger partial charge in [0.1, 0.15) is 23.7 Å². The number of nitrogens with one attached hydrogen (secondary N) is 2. The van der Waals surface area contributed by atoms with Crippen LogP contribution in [0.4, 0.5) is 0 Å². The lowest BCUT2D eigenvalue weighted by atomic mass is 9.96. The topological polar surface area (TPSA) is 96.6 Å². The molecule has 9 heteroatoms. The van der Waals surface area contributed by atoms with Crippen LogP contribution in [0.1, 0.15) is 29.7 Å². The van der Waals surface area contributed by atoms with Gasteiger partial charge in [-0.2, -0.15) is 0 Å². The van der Waals surface area contributed by atoms with Crippen LogP contribution in [0.25, 0.3) is 0 Å². The number of hydrogen-bond acceptors (Lipinski definition) is 5.